The number of unbranched alkanes of at least 4 members (excludes halogenated alkanes) is 5. The van der Waals surface area contributed by atoms with Crippen molar-refractivity contribution in [2.24, 2.45) is 11.7 Å². The summed E-state index contributed by atoms with van der Waals surface area (Å²) in [5, 5.41) is 105. The third-order valence-electron chi connectivity index (χ3n) is 13.0. The maximum atomic E-state index is 14.3. The Kier molecular flexibility index (Phi) is 22.8. The molecule has 0 saturated carbocycles. The Hall–Kier alpha value is -5.99. The van der Waals surface area contributed by atoms with E-state index in [2.05, 4.69) is 28.2 Å². The number of benzene rings is 2. The van der Waals surface area contributed by atoms with Crippen LogP contribution in [0.3, 0.4) is 0 Å². The highest BCUT2D eigenvalue weighted by atomic mass is 16.5. The molecule has 0 spiro atoms. The predicted octanol–water partition coefficient (Wildman–Crippen LogP) is -3.06. The number of likely N-dealkylation sites (tertiary alicyclic amines) is 2. The molecule has 2 saturated heterocycles. The van der Waals surface area contributed by atoms with Crippen LogP contribution in [0.4, 0.5) is 0 Å². The summed E-state index contributed by atoms with van der Waals surface area (Å²) in [7, 11) is 0. The second-order valence-electron chi connectivity index (χ2n) is 18.9. The molecule has 4 rings (SSSR count). The Labute approximate surface area is 422 Å². The van der Waals surface area contributed by atoms with Crippen LogP contribution >= 0.6 is 0 Å². The number of primary amides is 1. The maximum absolute atomic E-state index is 14.3. The van der Waals surface area contributed by atoms with Gasteiger partial charge in [0.05, 0.1) is 43.7 Å². The van der Waals surface area contributed by atoms with Crippen molar-refractivity contribution in [3.63, 3.8) is 0 Å². The summed E-state index contributed by atoms with van der Waals surface area (Å²) >= 11 is 0. The van der Waals surface area contributed by atoms with Crippen LogP contribution < -0.4 is 31.7 Å². The maximum Gasteiger partial charge on any atom is 0.251 e. The molecule has 0 aromatic heterocycles. The number of amides is 7. The lowest BCUT2D eigenvalue weighted by Gasteiger charge is -2.34. The monoisotopic (exact) mass is 1030 g/mol. The quantitative estimate of drug-likeness (QED) is 0.0395. The van der Waals surface area contributed by atoms with Crippen molar-refractivity contribution in [1.82, 2.24) is 31.1 Å². The first-order valence-corrected chi connectivity index (χ1v) is 24.5. The number of nitrogens with zero attached hydrogens (tertiary/aromatic N) is 2. The number of rotatable bonds is 27. The summed E-state index contributed by atoms with van der Waals surface area (Å²) in [6.45, 7) is 4.74. The van der Waals surface area contributed by atoms with Gasteiger partial charge in [-0.05, 0) is 62.2 Å². The third kappa shape index (κ3) is 16.3. The van der Waals surface area contributed by atoms with Gasteiger partial charge in [0.1, 0.15) is 60.0 Å². The fraction of sp³-hybridized carbons (Fsp3) is 0.612. The first-order chi connectivity index (χ1) is 34.5. The first kappa shape index (κ1) is 59.6. The molecular weight excluding hydrogens is 959 g/mol. The molecule has 15 N–H and O–H groups in total. The van der Waals surface area contributed by atoms with E-state index in [9.17, 15) is 79.5 Å². The fourth-order valence-corrected chi connectivity index (χ4v) is 8.71. The zero-order chi connectivity index (χ0) is 54.3. The molecule has 2 unspecified atom stereocenters. The van der Waals surface area contributed by atoms with Gasteiger partial charge in [0.15, 0.2) is 0 Å². The van der Waals surface area contributed by atoms with Crippen LogP contribution in [0.15, 0.2) is 48.5 Å². The third-order valence-corrected chi connectivity index (χ3v) is 13.0. The van der Waals surface area contributed by atoms with E-state index in [4.69, 9.17) is 10.5 Å². The summed E-state index contributed by atoms with van der Waals surface area (Å²) < 4.78 is 5.78. The lowest BCUT2D eigenvalue weighted by molar-refractivity contribution is -0.147. The smallest absolute Gasteiger partial charge is 0.251 e. The number of hydrogen-bond acceptors (Lipinski definition) is 17. The summed E-state index contributed by atoms with van der Waals surface area (Å²) in [4.78, 5) is 97.8. The van der Waals surface area contributed by atoms with Gasteiger partial charge in [0, 0.05) is 37.4 Å². The minimum atomic E-state index is -2.28. The Morgan fingerprint density at radius 1 is 0.740 bits per heavy atom. The molecule has 0 radical (unpaired) electrons. The summed E-state index contributed by atoms with van der Waals surface area (Å²) in [6, 6.07) is -0.206. The molecule has 73 heavy (non-hydrogen) atoms. The Balaban J connectivity index is 1.55. The van der Waals surface area contributed by atoms with E-state index in [1.54, 1.807) is 12.1 Å². The minimum Gasteiger partial charge on any atom is -0.508 e. The van der Waals surface area contributed by atoms with E-state index < -0.39 is 152 Å². The number of phenols is 1. The first-order valence-electron chi connectivity index (χ1n) is 24.5. The van der Waals surface area contributed by atoms with Crippen molar-refractivity contribution in [2.45, 2.75) is 158 Å². The fourth-order valence-electron chi connectivity index (χ4n) is 8.71. The van der Waals surface area contributed by atoms with Gasteiger partial charge in [-0.25, -0.2) is 0 Å². The normalized spacial score (nSPS) is 22.4. The van der Waals surface area contributed by atoms with Crippen molar-refractivity contribution in [2.75, 3.05) is 26.3 Å². The van der Waals surface area contributed by atoms with Crippen LogP contribution in [0.2, 0.25) is 0 Å². The molecule has 0 bridgehead atoms. The molecular formula is C49H73N7O17. The highest BCUT2D eigenvalue weighted by Crippen LogP contribution is 2.27. The molecule has 406 valence electrons. The summed E-state index contributed by atoms with van der Waals surface area (Å²) in [6.07, 6.45) is -6.72. The van der Waals surface area contributed by atoms with Crippen molar-refractivity contribution in [3.8, 4) is 11.5 Å². The Morgan fingerprint density at radius 3 is 1.89 bits per heavy atom. The Morgan fingerprint density at radius 2 is 1.32 bits per heavy atom. The number of carbonyl (C=O) groups excluding carboxylic acids is 7. The van der Waals surface area contributed by atoms with Crippen LogP contribution in [-0.2, 0) is 28.8 Å². The van der Waals surface area contributed by atoms with Crippen LogP contribution in [0, 0.1) is 5.92 Å². The van der Waals surface area contributed by atoms with Crippen LogP contribution in [0.25, 0.3) is 0 Å². The van der Waals surface area contributed by atoms with Gasteiger partial charge >= 0.3 is 0 Å². The summed E-state index contributed by atoms with van der Waals surface area (Å²) in [5.41, 5.74) is 5.49. The SMILES string of the molecule is CCCCCCCCOc1ccc(C(=O)N[C@@H](C[C@@H](O)CO)C(=O)N[C@H](C(=O)N2C[C@H](O)C[C@H]2C(=O)N[C@H](C(=O)N[C@H](C(=O)N2C[C@H](C)[C@H](O)[C@H]2C(N)=O)C(C)O)[C@H](O)[C@@H](O)c2ccc(O)cc2)C(C)O)cc1. The van der Waals surface area contributed by atoms with Gasteiger partial charge in [-0.15, -0.1) is 0 Å². The number of nitrogens with one attached hydrogen (secondary N) is 4. The van der Waals surface area contributed by atoms with Crippen LogP contribution in [-0.4, -0.2) is 196 Å². The standard InChI is InChI=1S/C49H73N7O17/c1-5-6-7-8-9-10-19-73-33-17-13-29(14-18-33)44(67)51-34(20-32(62)24-57)45(68)52-36(26(3)58)48(71)55-23-31(61)21-35(55)46(69)54-38(42(65)41(64)28-11-15-30(60)16-12-28)47(70)53-37(27(4)59)49(72)56-22-25(2)40(63)39(56)43(50)66/h11-18,25-27,31-32,34-42,57-65H,5-10,19-24H2,1-4H3,(H2,50,66)(H,51,67)(H,52,68)(H,53,70)(H,54,69)/t25-,26?,27?,31+,32+,34-,35-,36-,37-,38-,39-,40-,41-,42-/m0/s1. The van der Waals surface area contributed by atoms with Gasteiger partial charge in [0.25, 0.3) is 5.91 Å². The van der Waals surface area contributed by atoms with Crippen molar-refractivity contribution >= 4 is 41.4 Å². The van der Waals surface area contributed by atoms with Gasteiger partial charge in [-0.3, -0.25) is 33.6 Å². The minimum absolute atomic E-state index is 0.0731. The second-order valence-corrected chi connectivity index (χ2v) is 18.9. The molecule has 24 heteroatoms. The number of phenolic OH excluding ortho intramolecular Hbond substituents is 1. The van der Waals surface area contributed by atoms with Crippen molar-refractivity contribution in [1.29, 1.82) is 0 Å². The highest BCUT2D eigenvalue weighted by Gasteiger charge is 2.49. The van der Waals surface area contributed by atoms with E-state index in [-0.39, 0.29) is 23.4 Å². The van der Waals surface area contributed by atoms with Crippen molar-refractivity contribution in [3.05, 3.63) is 59.7 Å². The molecule has 2 aliphatic rings. The van der Waals surface area contributed by atoms with E-state index >= 15 is 0 Å². The number of nitrogens with two attached hydrogens (primary N) is 1. The summed E-state index contributed by atoms with van der Waals surface area (Å²) in [5.74, 6) is -8.23. The largest absolute Gasteiger partial charge is 0.508 e. The molecule has 2 heterocycles. The van der Waals surface area contributed by atoms with E-state index in [1.807, 2.05) is 0 Å². The Bertz CT molecular complexity index is 2170. The van der Waals surface area contributed by atoms with E-state index in [0.717, 1.165) is 67.9 Å². The van der Waals surface area contributed by atoms with Gasteiger partial charge in [-0.1, -0.05) is 58.1 Å². The van der Waals surface area contributed by atoms with Gasteiger partial charge < -0.3 is 87.5 Å². The number of β-amino-alcohol motifs (C(OH)–C–C–N with tert-alkyl or cyclic N) is 1. The topological polar surface area (TPSA) is 391 Å². The molecule has 24 nitrogen and oxygen atoms in total. The molecule has 2 aromatic carbocycles. The number of carbonyl (C=O) groups is 7. The average molecular weight is 1030 g/mol. The predicted molar refractivity (Wildman–Crippen MR) is 258 cm³/mol. The number of aromatic hydroxyl groups is 1. The lowest BCUT2D eigenvalue weighted by atomic mass is 9.96. The van der Waals surface area contributed by atoms with Gasteiger partial charge in [0.2, 0.25) is 35.4 Å². The molecule has 2 aromatic rings. The molecule has 2 fully saturated rings. The molecule has 14 atom stereocenters. The van der Waals surface area contributed by atoms with Crippen LogP contribution in [0.5, 0.6) is 11.5 Å². The zero-order valence-corrected chi connectivity index (χ0v) is 41.4. The van der Waals surface area contributed by atoms with E-state index in [0.29, 0.717) is 12.4 Å². The number of ether oxygens (including phenoxy) is 1. The number of aliphatic hydroxyl groups excluding tert-OH is 8. The molecule has 2 aliphatic heterocycles. The van der Waals surface area contributed by atoms with Crippen molar-refractivity contribution < 1.29 is 84.3 Å². The second kappa shape index (κ2) is 27.9. The molecule has 0 aliphatic carbocycles. The lowest BCUT2D eigenvalue weighted by Crippen LogP contribution is -2.64. The van der Waals surface area contributed by atoms with Gasteiger partial charge in [-0.2, -0.15) is 0 Å². The molecule has 7 amide bonds. The van der Waals surface area contributed by atoms with Crippen LogP contribution in [0.1, 0.15) is 101 Å². The highest BCUT2D eigenvalue weighted by molar-refractivity contribution is 6.00. The number of hydrogen-bond donors (Lipinski definition) is 14. The zero-order valence-electron chi connectivity index (χ0n) is 41.4. The average Bonchev–Trinajstić information content (AvgIpc) is 3.90. The number of aliphatic hydroxyl groups is 8. The van der Waals surface area contributed by atoms with E-state index in [1.165, 1.54) is 37.6 Å².